The van der Waals surface area contributed by atoms with Gasteiger partial charge in [-0.05, 0) is 49.8 Å². The molecule has 1 aliphatic rings. The van der Waals surface area contributed by atoms with Crippen molar-refractivity contribution in [2.24, 2.45) is 7.05 Å². The van der Waals surface area contributed by atoms with Crippen LogP contribution >= 0.6 is 0 Å². The monoisotopic (exact) mass is 267 g/mol. The predicted octanol–water partition coefficient (Wildman–Crippen LogP) is 4.45. The minimum atomic E-state index is -0.369. The number of rotatable bonds is 2. The minimum absolute atomic E-state index is 0.369. The van der Waals surface area contributed by atoms with Crippen molar-refractivity contribution in [3.05, 3.63) is 53.2 Å². The van der Waals surface area contributed by atoms with Gasteiger partial charge in [0.2, 0.25) is 5.69 Å². The molecule has 0 aliphatic heterocycles. The Labute approximate surface area is 123 Å². The van der Waals surface area contributed by atoms with Crippen molar-refractivity contribution in [3.63, 3.8) is 0 Å². The second-order valence-electron chi connectivity index (χ2n) is 5.99. The number of pyridine rings is 1. The molecule has 1 saturated carbocycles. The normalized spacial score (nSPS) is 18.1. The summed E-state index contributed by atoms with van der Waals surface area (Å²) in [4.78, 5) is 0. The number of aromatic nitrogens is 1. The summed E-state index contributed by atoms with van der Waals surface area (Å²) in [5, 5.41) is 0. The van der Waals surface area contributed by atoms with Crippen molar-refractivity contribution < 1.29 is 5.94 Å². The zero-order chi connectivity index (χ0) is 15.0. The standard InChI is InChI=1S/C19H24N/c1-14-8-4-7-11-17(14)19-12-15(2)18(13-20(19)3)16-9-5-6-10-16/h4,7-8,11-13,16H,5-6,9-10H2,1-3H3/q+1/i16D. The Morgan fingerprint density at radius 2 is 1.80 bits per heavy atom. The first-order valence-electron chi connectivity index (χ1n) is 8.08. The van der Waals surface area contributed by atoms with Gasteiger partial charge < -0.3 is 0 Å². The molecule has 104 valence electrons. The molecule has 0 saturated heterocycles. The maximum atomic E-state index is 8.76. The SMILES string of the molecule is [2H]C1(c2c[n+](C)c(-c3ccccc3C)cc2C)CCCC1. The lowest BCUT2D eigenvalue weighted by molar-refractivity contribution is -0.661. The summed E-state index contributed by atoms with van der Waals surface area (Å²) in [5.41, 5.74) is 6.26. The Balaban J connectivity index is 2.11. The summed E-state index contributed by atoms with van der Waals surface area (Å²) in [5.74, 6) is -0.369. The van der Waals surface area contributed by atoms with Crippen molar-refractivity contribution in [1.82, 2.24) is 0 Å². The Kier molecular flexibility index (Phi) is 3.27. The molecule has 1 heterocycles. The van der Waals surface area contributed by atoms with E-state index >= 15 is 0 Å². The van der Waals surface area contributed by atoms with Crippen molar-refractivity contribution in [2.45, 2.75) is 45.4 Å². The molecule has 2 aromatic rings. The molecule has 0 unspecified atom stereocenters. The Bertz CT molecular complexity index is 669. The van der Waals surface area contributed by atoms with Crippen LogP contribution in [-0.2, 0) is 7.05 Å². The fraction of sp³-hybridized carbons (Fsp3) is 0.421. The summed E-state index contributed by atoms with van der Waals surface area (Å²) < 4.78 is 11.0. The third kappa shape index (κ3) is 2.37. The van der Waals surface area contributed by atoms with Crippen LogP contribution in [0.1, 0.15) is 49.6 Å². The first kappa shape index (κ1) is 12.1. The van der Waals surface area contributed by atoms with E-state index in [9.17, 15) is 0 Å². The van der Waals surface area contributed by atoms with Crippen molar-refractivity contribution >= 4 is 0 Å². The molecule has 1 fully saturated rings. The maximum Gasteiger partial charge on any atom is 0.212 e. The third-order valence-corrected chi connectivity index (χ3v) is 4.49. The Morgan fingerprint density at radius 3 is 2.50 bits per heavy atom. The lowest BCUT2D eigenvalue weighted by Gasteiger charge is -2.13. The molecule has 3 rings (SSSR count). The van der Waals surface area contributed by atoms with E-state index in [1.54, 1.807) is 0 Å². The van der Waals surface area contributed by atoms with E-state index in [1.807, 2.05) is 0 Å². The Hall–Kier alpha value is -1.63. The second-order valence-corrected chi connectivity index (χ2v) is 5.99. The highest BCUT2D eigenvalue weighted by Gasteiger charge is 2.23. The highest BCUT2D eigenvalue weighted by Crippen LogP contribution is 2.35. The average molecular weight is 267 g/mol. The van der Waals surface area contributed by atoms with Gasteiger partial charge in [0, 0.05) is 18.6 Å². The predicted molar refractivity (Wildman–Crippen MR) is 83.7 cm³/mol. The molecule has 0 amide bonds. The zero-order valence-corrected chi connectivity index (χ0v) is 12.7. The largest absolute Gasteiger partial charge is 0.212 e. The lowest BCUT2D eigenvalue weighted by Crippen LogP contribution is -2.32. The van der Waals surface area contributed by atoms with Gasteiger partial charge in [0.25, 0.3) is 0 Å². The number of hydrogen-bond acceptors (Lipinski definition) is 0. The van der Waals surface area contributed by atoms with E-state index in [1.165, 1.54) is 40.8 Å². The van der Waals surface area contributed by atoms with Crippen LogP contribution in [-0.4, -0.2) is 0 Å². The van der Waals surface area contributed by atoms with Gasteiger partial charge in [0.05, 0.1) is 0 Å². The lowest BCUT2D eigenvalue weighted by atomic mass is 9.93. The third-order valence-electron chi connectivity index (χ3n) is 4.49. The van der Waals surface area contributed by atoms with Crippen LogP contribution in [0.2, 0.25) is 0 Å². The van der Waals surface area contributed by atoms with Gasteiger partial charge in [0.15, 0.2) is 6.20 Å². The molecule has 1 aromatic heterocycles. The smallest absolute Gasteiger partial charge is 0.201 e. The molecular formula is C19H24N+. The first-order chi connectivity index (χ1) is 10.0. The summed E-state index contributed by atoms with van der Waals surface area (Å²) in [6.45, 7) is 4.31. The second kappa shape index (κ2) is 5.40. The maximum absolute atomic E-state index is 8.76. The van der Waals surface area contributed by atoms with Crippen LogP contribution in [0.3, 0.4) is 0 Å². The summed E-state index contributed by atoms with van der Waals surface area (Å²) >= 11 is 0. The van der Waals surface area contributed by atoms with E-state index in [-0.39, 0.29) is 5.89 Å². The number of hydrogen-bond donors (Lipinski definition) is 0. The molecule has 0 atom stereocenters. The first-order valence-corrected chi connectivity index (χ1v) is 7.58. The molecule has 1 aromatic carbocycles. The molecule has 0 bridgehead atoms. The molecule has 1 nitrogen and oxygen atoms in total. The quantitative estimate of drug-likeness (QED) is 0.708. The minimum Gasteiger partial charge on any atom is -0.201 e. The van der Waals surface area contributed by atoms with E-state index in [0.717, 1.165) is 12.8 Å². The van der Waals surface area contributed by atoms with Gasteiger partial charge in [-0.15, -0.1) is 0 Å². The number of nitrogens with zero attached hydrogens (tertiary/aromatic N) is 1. The molecule has 0 N–H and O–H groups in total. The molecule has 1 heteroatoms. The van der Waals surface area contributed by atoms with Crippen LogP contribution in [0.25, 0.3) is 11.3 Å². The molecule has 1 aliphatic carbocycles. The van der Waals surface area contributed by atoms with E-state index < -0.39 is 0 Å². The number of aryl methyl sites for hydroxylation is 3. The summed E-state index contributed by atoms with van der Waals surface area (Å²) in [6.07, 6.45) is 6.56. The zero-order valence-electron chi connectivity index (χ0n) is 13.7. The molecule has 0 radical (unpaired) electrons. The van der Waals surface area contributed by atoms with E-state index in [2.05, 4.69) is 62.0 Å². The van der Waals surface area contributed by atoms with Gasteiger partial charge >= 0.3 is 0 Å². The highest BCUT2D eigenvalue weighted by atomic mass is 14.9. The Morgan fingerprint density at radius 1 is 1.10 bits per heavy atom. The highest BCUT2D eigenvalue weighted by molar-refractivity contribution is 5.61. The number of benzene rings is 1. The van der Waals surface area contributed by atoms with Crippen molar-refractivity contribution in [3.8, 4) is 11.3 Å². The van der Waals surface area contributed by atoms with Crippen LogP contribution < -0.4 is 4.57 Å². The van der Waals surface area contributed by atoms with Gasteiger partial charge in [0.1, 0.15) is 7.05 Å². The fourth-order valence-corrected chi connectivity index (χ4v) is 3.32. The topological polar surface area (TPSA) is 3.88 Å². The fourth-order valence-electron chi connectivity index (χ4n) is 3.32. The van der Waals surface area contributed by atoms with Gasteiger partial charge in [-0.2, -0.15) is 0 Å². The van der Waals surface area contributed by atoms with Crippen LogP contribution in [0, 0.1) is 13.8 Å². The van der Waals surface area contributed by atoms with E-state index in [0.29, 0.717) is 0 Å². The van der Waals surface area contributed by atoms with Gasteiger partial charge in [-0.1, -0.05) is 31.0 Å². The van der Waals surface area contributed by atoms with Crippen LogP contribution in [0.15, 0.2) is 36.5 Å². The average Bonchev–Trinajstić information content (AvgIpc) is 2.90. The molecular weight excluding hydrogens is 242 g/mol. The van der Waals surface area contributed by atoms with Crippen molar-refractivity contribution in [1.29, 1.82) is 0 Å². The van der Waals surface area contributed by atoms with Gasteiger partial charge in [-0.25, -0.2) is 4.57 Å². The molecule has 0 spiro atoms. The van der Waals surface area contributed by atoms with Crippen molar-refractivity contribution in [2.75, 3.05) is 0 Å². The van der Waals surface area contributed by atoms with Gasteiger partial charge in [-0.3, -0.25) is 0 Å². The van der Waals surface area contributed by atoms with E-state index in [4.69, 9.17) is 1.37 Å². The molecule has 20 heavy (non-hydrogen) atoms. The summed E-state index contributed by atoms with van der Waals surface area (Å²) in [6, 6.07) is 10.8. The van der Waals surface area contributed by atoms with Crippen LogP contribution in [0.5, 0.6) is 0 Å². The summed E-state index contributed by atoms with van der Waals surface area (Å²) in [7, 11) is 2.10. The van der Waals surface area contributed by atoms with Crippen LogP contribution in [0.4, 0.5) is 0 Å².